The van der Waals surface area contributed by atoms with Gasteiger partial charge in [0.05, 0.1) is 12.4 Å². The van der Waals surface area contributed by atoms with E-state index in [-0.39, 0.29) is 12.6 Å². The van der Waals surface area contributed by atoms with Crippen LogP contribution in [0, 0.1) is 5.92 Å². The van der Waals surface area contributed by atoms with Crippen LogP contribution >= 0.6 is 0 Å². The van der Waals surface area contributed by atoms with Crippen molar-refractivity contribution in [2.75, 3.05) is 30.4 Å². The van der Waals surface area contributed by atoms with Gasteiger partial charge in [0.15, 0.2) is 5.82 Å². The monoisotopic (exact) mass is 209 g/mol. The number of alkyl halides is 1. The molecule has 0 radical (unpaired) electrons. The van der Waals surface area contributed by atoms with Crippen molar-refractivity contribution in [3.05, 3.63) is 18.3 Å². The predicted octanol–water partition coefficient (Wildman–Crippen LogP) is 1.85. The Morgan fingerprint density at radius 3 is 3.20 bits per heavy atom. The summed E-state index contributed by atoms with van der Waals surface area (Å²) < 4.78 is 12.6. The fourth-order valence-electron chi connectivity index (χ4n) is 2.06. The summed E-state index contributed by atoms with van der Waals surface area (Å²) in [6.45, 7) is 1.42. The molecule has 1 fully saturated rings. The lowest BCUT2D eigenvalue weighted by Crippen LogP contribution is -2.37. The number of rotatable bonds is 2. The van der Waals surface area contributed by atoms with Crippen LogP contribution in [0.2, 0.25) is 0 Å². The Morgan fingerprint density at radius 2 is 2.47 bits per heavy atom. The van der Waals surface area contributed by atoms with Crippen LogP contribution in [0.15, 0.2) is 18.3 Å². The van der Waals surface area contributed by atoms with E-state index in [2.05, 4.69) is 9.88 Å². The highest BCUT2D eigenvalue weighted by molar-refractivity contribution is 5.62. The van der Waals surface area contributed by atoms with Crippen LogP contribution in [-0.4, -0.2) is 24.7 Å². The smallest absolute Gasteiger partial charge is 0.151 e. The highest BCUT2D eigenvalue weighted by Crippen LogP contribution is 2.25. The number of hydrogen-bond acceptors (Lipinski definition) is 3. The topological polar surface area (TPSA) is 42.1 Å². The summed E-state index contributed by atoms with van der Waals surface area (Å²) in [6, 6.07) is 3.65. The Labute approximate surface area is 89.1 Å². The van der Waals surface area contributed by atoms with E-state index in [1.165, 1.54) is 0 Å². The summed E-state index contributed by atoms with van der Waals surface area (Å²) in [5.74, 6) is 0.941. The van der Waals surface area contributed by atoms with Gasteiger partial charge < -0.3 is 10.6 Å². The van der Waals surface area contributed by atoms with E-state index >= 15 is 0 Å². The summed E-state index contributed by atoms with van der Waals surface area (Å²) in [5, 5.41) is 0. The Kier molecular flexibility index (Phi) is 3.04. The molecule has 1 aliphatic heterocycles. The van der Waals surface area contributed by atoms with E-state index in [0.29, 0.717) is 5.69 Å². The third-order valence-electron chi connectivity index (χ3n) is 2.85. The molecule has 1 aromatic rings. The van der Waals surface area contributed by atoms with Crippen LogP contribution in [0.1, 0.15) is 12.8 Å². The average molecular weight is 209 g/mol. The van der Waals surface area contributed by atoms with Crippen LogP contribution in [0.5, 0.6) is 0 Å². The number of aromatic nitrogens is 1. The first-order chi connectivity index (χ1) is 7.31. The third-order valence-corrected chi connectivity index (χ3v) is 2.85. The quantitative estimate of drug-likeness (QED) is 0.808. The molecule has 1 atom stereocenters. The average Bonchev–Trinajstić information content (AvgIpc) is 2.30. The molecule has 4 heteroatoms. The van der Waals surface area contributed by atoms with Gasteiger partial charge in [-0.05, 0) is 25.0 Å². The molecule has 15 heavy (non-hydrogen) atoms. The number of nitrogen functional groups attached to an aromatic ring is 1. The van der Waals surface area contributed by atoms with Crippen molar-refractivity contribution in [2.24, 2.45) is 5.92 Å². The van der Waals surface area contributed by atoms with Crippen molar-refractivity contribution in [1.29, 1.82) is 0 Å². The molecule has 0 bridgehead atoms. The minimum Gasteiger partial charge on any atom is -0.396 e. The van der Waals surface area contributed by atoms with Gasteiger partial charge in [-0.1, -0.05) is 0 Å². The molecule has 0 unspecified atom stereocenters. The number of halogens is 1. The summed E-state index contributed by atoms with van der Waals surface area (Å²) >= 11 is 0. The number of pyridine rings is 1. The lowest BCUT2D eigenvalue weighted by Gasteiger charge is -2.32. The molecule has 2 heterocycles. The lowest BCUT2D eigenvalue weighted by molar-refractivity contribution is 0.315. The van der Waals surface area contributed by atoms with Gasteiger partial charge in [-0.25, -0.2) is 4.98 Å². The van der Waals surface area contributed by atoms with Gasteiger partial charge in [0, 0.05) is 25.2 Å². The molecule has 1 aliphatic rings. The van der Waals surface area contributed by atoms with Gasteiger partial charge in [0.1, 0.15) is 0 Å². The molecular weight excluding hydrogens is 193 g/mol. The van der Waals surface area contributed by atoms with Crippen LogP contribution < -0.4 is 10.6 Å². The fourth-order valence-corrected chi connectivity index (χ4v) is 2.06. The Balaban J connectivity index is 2.13. The molecule has 1 saturated heterocycles. The van der Waals surface area contributed by atoms with Crippen LogP contribution in [0.3, 0.4) is 0 Å². The Morgan fingerprint density at radius 1 is 1.60 bits per heavy atom. The zero-order chi connectivity index (χ0) is 10.7. The van der Waals surface area contributed by atoms with Crippen LogP contribution in [0.25, 0.3) is 0 Å². The highest BCUT2D eigenvalue weighted by atomic mass is 19.1. The van der Waals surface area contributed by atoms with Crippen molar-refractivity contribution < 1.29 is 4.39 Å². The molecule has 0 saturated carbocycles. The summed E-state index contributed by atoms with van der Waals surface area (Å²) in [5.41, 5.74) is 6.52. The molecule has 82 valence electrons. The number of piperidine rings is 1. The van der Waals surface area contributed by atoms with Crippen LogP contribution in [-0.2, 0) is 0 Å². The van der Waals surface area contributed by atoms with Crippen molar-refractivity contribution in [3.8, 4) is 0 Å². The molecule has 0 aliphatic carbocycles. The zero-order valence-corrected chi connectivity index (χ0v) is 8.69. The highest BCUT2D eigenvalue weighted by Gasteiger charge is 2.21. The van der Waals surface area contributed by atoms with E-state index in [1.54, 1.807) is 6.20 Å². The summed E-state index contributed by atoms with van der Waals surface area (Å²) in [4.78, 5) is 6.34. The maximum atomic E-state index is 12.6. The summed E-state index contributed by atoms with van der Waals surface area (Å²) in [6.07, 6.45) is 3.72. The first-order valence-corrected chi connectivity index (χ1v) is 5.32. The van der Waals surface area contributed by atoms with Crippen molar-refractivity contribution in [3.63, 3.8) is 0 Å². The second kappa shape index (κ2) is 4.47. The van der Waals surface area contributed by atoms with Gasteiger partial charge in [-0.3, -0.25) is 4.39 Å². The van der Waals surface area contributed by atoms with Crippen molar-refractivity contribution in [2.45, 2.75) is 12.8 Å². The maximum absolute atomic E-state index is 12.6. The summed E-state index contributed by atoms with van der Waals surface area (Å²) in [7, 11) is 0. The molecule has 2 N–H and O–H groups in total. The van der Waals surface area contributed by atoms with Gasteiger partial charge in [0.25, 0.3) is 0 Å². The second-order valence-electron chi connectivity index (χ2n) is 4.02. The lowest BCUT2D eigenvalue weighted by atomic mass is 9.99. The van der Waals surface area contributed by atoms with Crippen molar-refractivity contribution >= 4 is 11.5 Å². The maximum Gasteiger partial charge on any atom is 0.151 e. The molecule has 1 aromatic heterocycles. The first-order valence-electron chi connectivity index (χ1n) is 5.32. The van der Waals surface area contributed by atoms with Gasteiger partial charge in [0.2, 0.25) is 0 Å². The van der Waals surface area contributed by atoms with Crippen molar-refractivity contribution in [1.82, 2.24) is 4.98 Å². The normalized spacial score (nSPS) is 21.7. The van der Waals surface area contributed by atoms with E-state index < -0.39 is 0 Å². The number of hydrogen-bond donors (Lipinski definition) is 1. The third kappa shape index (κ3) is 2.19. The molecule has 0 aromatic carbocycles. The Bertz CT molecular complexity index is 329. The number of anilines is 2. The SMILES string of the molecule is Nc1cccnc1N1CCC[C@H](CF)C1. The van der Waals surface area contributed by atoms with E-state index in [9.17, 15) is 4.39 Å². The molecule has 3 nitrogen and oxygen atoms in total. The first kappa shape index (κ1) is 10.2. The molecule has 0 spiro atoms. The second-order valence-corrected chi connectivity index (χ2v) is 4.02. The minimum absolute atomic E-state index is 0.139. The van der Waals surface area contributed by atoms with Gasteiger partial charge in [-0.2, -0.15) is 0 Å². The van der Waals surface area contributed by atoms with Crippen LogP contribution in [0.4, 0.5) is 15.9 Å². The number of nitrogens with two attached hydrogens (primary N) is 1. The fraction of sp³-hybridized carbons (Fsp3) is 0.545. The van der Waals surface area contributed by atoms with E-state index in [4.69, 9.17) is 5.73 Å². The molecule has 2 rings (SSSR count). The zero-order valence-electron chi connectivity index (χ0n) is 8.69. The predicted molar refractivity (Wildman–Crippen MR) is 59.6 cm³/mol. The number of nitrogens with zero attached hydrogens (tertiary/aromatic N) is 2. The standard InChI is InChI=1S/C11H16FN3/c12-7-9-3-2-6-15(8-9)11-10(13)4-1-5-14-11/h1,4-5,9H,2-3,6-8,13H2/t9-/m1/s1. The van der Waals surface area contributed by atoms with Gasteiger partial charge >= 0.3 is 0 Å². The van der Waals surface area contributed by atoms with Gasteiger partial charge in [-0.15, -0.1) is 0 Å². The largest absolute Gasteiger partial charge is 0.396 e. The van der Waals surface area contributed by atoms with E-state index in [1.807, 2.05) is 12.1 Å². The molecular formula is C11H16FN3. The molecule has 0 amide bonds. The minimum atomic E-state index is -0.247. The Hall–Kier alpha value is -1.32. The van der Waals surface area contributed by atoms with E-state index in [0.717, 1.165) is 31.7 Å².